The number of hydrogen-bond acceptors (Lipinski definition) is 3. The van der Waals surface area contributed by atoms with Gasteiger partial charge < -0.3 is 10.0 Å². The van der Waals surface area contributed by atoms with Crippen molar-refractivity contribution in [2.45, 2.75) is 6.54 Å². The predicted molar refractivity (Wildman–Crippen MR) is 75.7 cm³/mol. The van der Waals surface area contributed by atoms with Gasteiger partial charge in [-0.1, -0.05) is 24.3 Å². The van der Waals surface area contributed by atoms with Crippen molar-refractivity contribution in [1.82, 2.24) is 0 Å². The molecule has 0 aliphatic carbocycles. The molecule has 2 rings (SSSR count). The Morgan fingerprint density at radius 3 is 2.55 bits per heavy atom. The Bertz CT molecular complexity index is 608. The Morgan fingerprint density at radius 1 is 1.15 bits per heavy atom. The lowest BCUT2D eigenvalue weighted by molar-refractivity contribution is 0.301. The van der Waals surface area contributed by atoms with Gasteiger partial charge in [0.1, 0.15) is 5.82 Å². The molecule has 2 aromatic carbocycles. The monoisotopic (exact) mass is 270 g/mol. The summed E-state index contributed by atoms with van der Waals surface area (Å²) in [6.45, 7) is 0.915. The standard InChI is InChI=1S/C16H15FN2O/c17-15-7-6-13(14(10-15)11-18)12-19(8-9-20)16-4-2-1-3-5-16/h1-7,10,20H,8-9,12H2. The fraction of sp³-hybridized carbons (Fsp3) is 0.188. The van der Waals surface area contributed by atoms with Crippen LogP contribution in [0.4, 0.5) is 10.1 Å². The number of nitrogens with zero attached hydrogens (tertiary/aromatic N) is 2. The number of aliphatic hydroxyl groups is 1. The van der Waals surface area contributed by atoms with E-state index in [9.17, 15) is 9.50 Å². The second-order valence-electron chi connectivity index (χ2n) is 4.39. The maximum atomic E-state index is 13.1. The molecule has 0 amide bonds. The van der Waals surface area contributed by atoms with Gasteiger partial charge in [0, 0.05) is 18.8 Å². The van der Waals surface area contributed by atoms with Gasteiger partial charge >= 0.3 is 0 Å². The summed E-state index contributed by atoms with van der Waals surface area (Å²) in [4.78, 5) is 1.95. The summed E-state index contributed by atoms with van der Waals surface area (Å²) in [5.74, 6) is -0.418. The maximum absolute atomic E-state index is 13.1. The van der Waals surface area contributed by atoms with Gasteiger partial charge in [-0.15, -0.1) is 0 Å². The fourth-order valence-electron chi connectivity index (χ4n) is 2.06. The molecule has 0 aliphatic heterocycles. The van der Waals surface area contributed by atoms with Crippen LogP contribution in [0.25, 0.3) is 0 Å². The van der Waals surface area contributed by atoms with Gasteiger partial charge in [0.05, 0.1) is 18.2 Å². The van der Waals surface area contributed by atoms with Crippen molar-refractivity contribution in [3.63, 3.8) is 0 Å². The molecule has 0 aromatic heterocycles. The van der Waals surface area contributed by atoms with Gasteiger partial charge in [0.15, 0.2) is 0 Å². The van der Waals surface area contributed by atoms with Crippen molar-refractivity contribution in [2.75, 3.05) is 18.1 Å². The van der Waals surface area contributed by atoms with Crippen molar-refractivity contribution in [2.24, 2.45) is 0 Å². The topological polar surface area (TPSA) is 47.3 Å². The van der Waals surface area contributed by atoms with Gasteiger partial charge in [0.2, 0.25) is 0 Å². The zero-order chi connectivity index (χ0) is 14.4. The van der Waals surface area contributed by atoms with E-state index < -0.39 is 5.82 Å². The van der Waals surface area contributed by atoms with Gasteiger partial charge in [-0.3, -0.25) is 0 Å². The highest BCUT2D eigenvalue weighted by Gasteiger charge is 2.10. The molecule has 0 atom stereocenters. The Labute approximate surface area is 117 Å². The molecule has 0 unspecified atom stereocenters. The Hall–Kier alpha value is -2.38. The van der Waals surface area contributed by atoms with Crippen molar-refractivity contribution in [3.8, 4) is 6.07 Å². The largest absolute Gasteiger partial charge is 0.395 e. The molecule has 1 N–H and O–H groups in total. The first kappa shape index (κ1) is 14.0. The molecule has 2 aromatic rings. The SMILES string of the molecule is N#Cc1cc(F)ccc1CN(CCO)c1ccccc1. The van der Waals surface area contributed by atoms with E-state index in [4.69, 9.17) is 5.26 Å². The summed E-state index contributed by atoms with van der Waals surface area (Å²) in [5, 5.41) is 18.3. The second-order valence-corrected chi connectivity index (χ2v) is 4.39. The fourth-order valence-corrected chi connectivity index (χ4v) is 2.06. The highest BCUT2D eigenvalue weighted by atomic mass is 19.1. The summed E-state index contributed by atoms with van der Waals surface area (Å²) in [6.07, 6.45) is 0. The summed E-state index contributed by atoms with van der Waals surface area (Å²) in [7, 11) is 0. The zero-order valence-electron chi connectivity index (χ0n) is 11.0. The molecule has 0 bridgehead atoms. The van der Waals surface area contributed by atoms with E-state index in [1.165, 1.54) is 12.1 Å². The Morgan fingerprint density at radius 2 is 1.90 bits per heavy atom. The molecule has 0 radical (unpaired) electrons. The minimum atomic E-state index is -0.418. The number of aliphatic hydroxyl groups excluding tert-OH is 1. The number of anilines is 1. The average molecular weight is 270 g/mol. The predicted octanol–water partition coefficient (Wildman–Crippen LogP) is 2.70. The van der Waals surface area contributed by atoms with Crippen LogP contribution < -0.4 is 4.90 Å². The van der Waals surface area contributed by atoms with Crippen LogP contribution in [0.2, 0.25) is 0 Å². The third-order valence-electron chi connectivity index (χ3n) is 3.04. The number of para-hydroxylation sites is 1. The van der Waals surface area contributed by atoms with Crippen molar-refractivity contribution in [3.05, 3.63) is 65.5 Å². The molecule has 102 valence electrons. The van der Waals surface area contributed by atoms with E-state index in [1.807, 2.05) is 41.3 Å². The van der Waals surface area contributed by atoms with E-state index in [0.717, 1.165) is 11.3 Å². The molecule has 20 heavy (non-hydrogen) atoms. The number of benzene rings is 2. The minimum absolute atomic E-state index is 0.0119. The lowest BCUT2D eigenvalue weighted by Crippen LogP contribution is -2.26. The lowest BCUT2D eigenvalue weighted by atomic mass is 10.1. The number of rotatable bonds is 5. The number of nitriles is 1. The highest BCUT2D eigenvalue weighted by molar-refractivity contribution is 5.48. The molecule has 4 heteroatoms. The Kier molecular flexibility index (Phi) is 4.70. The first-order valence-electron chi connectivity index (χ1n) is 6.34. The smallest absolute Gasteiger partial charge is 0.124 e. The summed E-state index contributed by atoms with van der Waals surface area (Å²) < 4.78 is 13.1. The van der Waals surface area contributed by atoms with Crippen LogP contribution in [0.3, 0.4) is 0 Å². The van der Waals surface area contributed by atoms with Crippen LogP contribution in [-0.4, -0.2) is 18.3 Å². The van der Waals surface area contributed by atoms with Crippen LogP contribution in [0, 0.1) is 17.1 Å². The minimum Gasteiger partial charge on any atom is -0.395 e. The van der Waals surface area contributed by atoms with Crippen LogP contribution in [0.5, 0.6) is 0 Å². The van der Waals surface area contributed by atoms with E-state index in [2.05, 4.69) is 0 Å². The lowest BCUT2D eigenvalue weighted by Gasteiger charge is -2.24. The molecule has 0 aliphatic rings. The molecule has 0 heterocycles. The van der Waals surface area contributed by atoms with Gasteiger partial charge in [0.25, 0.3) is 0 Å². The molecule has 0 spiro atoms. The van der Waals surface area contributed by atoms with Crippen molar-refractivity contribution in [1.29, 1.82) is 5.26 Å². The van der Waals surface area contributed by atoms with Gasteiger partial charge in [-0.05, 0) is 29.8 Å². The maximum Gasteiger partial charge on any atom is 0.124 e. The first-order chi connectivity index (χ1) is 9.74. The van der Waals surface area contributed by atoms with E-state index in [-0.39, 0.29) is 6.61 Å². The Balaban J connectivity index is 2.27. The molecular weight excluding hydrogens is 255 g/mol. The van der Waals surface area contributed by atoms with Crippen molar-refractivity contribution >= 4 is 5.69 Å². The normalized spacial score (nSPS) is 10.1. The van der Waals surface area contributed by atoms with Crippen LogP contribution >= 0.6 is 0 Å². The van der Waals surface area contributed by atoms with E-state index in [1.54, 1.807) is 6.07 Å². The number of halogens is 1. The number of hydrogen-bond donors (Lipinski definition) is 1. The van der Waals surface area contributed by atoms with Gasteiger partial charge in [-0.25, -0.2) is 4.39 Å². The quantitative estimate of drug-likeness (QED) is 0.908. The molecule has 0 saturated carbocycles. The van der Waals surface area contributed by atoms with Crippen LogP contribution in [0.15, 0.2) is 48.5 Å². The average Bonchev–Trinajstić information content (AvgIpc) is 2.49. The van der Waals surface area contributed by atoms with E-state index in [0.29, 0.717) is 18.7 Å². The van der Waals surface area contributed by atoms with Crippen LogP contribution in [0.1, 0.15) is 11.1 Å². The molecule has 0 fully saturated rings. The molecular formula is C16H15FN2O. The third-order valence-corrected chi connectivity index (χ3v) is 3.04. The third kappa shape index (κ3) is 3.34. The summed E-state index contributed by atoms with van der Waals surface area (Å²) in [6, 6.07) is 15.8. The zero-order valence-corrected chi connectivity index (χ0v) is 11.0. The summed E-state index contributed by atoms with van der Waals surface area (Å²) >= 11 is 0. The van der Waals surface area contributed by atoms with Gasteiger partial charge in [-0.2, -0.15) is 5.26 Å². The second kappa shape index (κ2) is 6.69. The van der Waals surface area contributed by atoms with Crippen molar-refractivity contribution < 1.29 is 9.50 Å². The highest BCUT2D eigenvalue weighted by Crippen LogP contribution is 2.19. The van der Waals surface area contributed by atoms with E-state index >= 15 is 0 Å². The van der Waals surface area contributed by atoms with Crippen LogP contribution in [-0.2, 0) is 6.54 Å². The molecule has 0 saturated heterocycles. The summed E-state index contributed by atoms with van der Waals surface area (Å²) in [5.41, 5.74) is 2.02. The first-order valence-corrected chi connectivity index (χ1v) is 6.34. The molecule has 3 nitrogen and oxygen atoms in total.